The van der Waals surface area contributed by atoms with Gasteiger partial charge in [0.25, 0.3) is 5.56 Å². The highest BCUT2D eigenvalue weighted by molar-refractivity contribution is 6.03. The average Bonchev–Trinajstić information content (AvgIpc) is 2.60. The zero-order chi connectivity index (χ0) is 17.6. The molecule has 0 aliphatic rings. The van der Waals surface area contributed by atoms with Crippen LogP contribution in [0.5, 0.6) is 11.6 Å². The second-order valence-corrected chi connectivity index (χ2v) is 5.78. The summed E-state index contributed by atoms with van der Waals surface area (Å²) in [7, 11) is 0. The highest BCUT2D eigenvalue weighted by Crippen LogP contribution is 2.31. The van der Waals surface area contributed by atoms with E-state index in [1.165, 1.54) is 36.5 Å². The molecule has 0 aliphatic heterocycles. The average molecular weight is 336 g/mol. The first-order chi connectivity index (χ1) is 12.0. The number of rotatable bonds is 2. The molecule has 5 nitrogen and oxygen atoms in total. The maximum atomic E-state index is 13.0. The SMILES string of the molecule is O=c1c2c(O)c3ncccc3cc2cc(O)n1Cc1ccc(F)cc1. The van der Waals surface area contributed by atoms with Crippen molar-refractivity contribution in [1.82, 2.24) is 9.55 Å². The van der Waals surface area contributed by atoms with Crippen molar-refractivity contribution in [3.8, 4) is 11.6 Å². The van der Waals surface area contributed by atoms with E-state index in [0.29, 0.717) is 21.9 Å². The van der Waals surface area contributed by atoms with Gasteiger partial charge < -0.3 is 10.2 Å². The molecule has 0 aliphatic carbocycles. The van der Waals surface area contributed by atoms with Crippen LogP contribution >= 0.6 is 0 Å². The predicted octanol–water partition coefficient (Wildman–Crippen LogP) is 3.15. The van der Waals surface area contributed by atoms with Gasteiger partial charge in [0.2, 0.25) is 0 Å². The molecule has 4 aromatic rings. The van der Waals surface area contributed by atoms with E-state index in [4.69, 9.17) is 0 Å². The van der Waals surface area contributed by atoms with E-state index in [1.807, 2.05) is 0 Å². The Morgan fingerprint density at radius 1 is 1.04 bits per heavy atom. The van der Waals surface area contributed by atoms with Crippen LogP contribution in [0.3, 0.4) is 0 Å². The minimum Gasteiger partial charge on any atom is -0.505 e. The molecule has 2 aromatic heterocycles. The summed E-state index contributed by atoms with van der Waals surface area (Å²) >= 11 is 0. The van der Waals surface area contributed by atoms with Crippen molar-refractivity contribution in [3.63, 3.8) is 0 Å². The molecule has 2 aromatic carbocycles. The van der Waals surface area contributed by atoms with Crippen molar-refractivity contribution >= 4 is 21.7 Å². The minimum atomic E-state index is -0.538. The van der Waals surface area contributed by atoms with Crippen molar-refractivity contribution in [2.75, 3.05) is 0 Å². The molecule has 6 heteroatoms. The molecule has 25 heavy (non-hydrogen) atoms. The summed E-state index contributed by atoms with van der Waals surface area (Å²) < 4.78 is 14.2. The van der Waals surface area contributed by atoms with Gasteiger partial charge in [-0.2, -0.15) is 0 Å². The molecule has 0 bridgehead atoms. The van der Waals surface area contributed by atoms with Gasteiger partial charge in [0.15, 0.2) is 11.6 Å². The number of phenols is 1. The Morgan fingerprint density at radius 2 is 1.80 bits per heavy atom. The number of fused-ring (bicyclic) bond motifs is 2. The normalized spacial score (nSPS) is 11.2. The van der Waals surface area contributed by atoms with E-state index in [9.17, 15) is 19.4 Å². The number of pyridine rings is 2. The fourth-order valence-corrected chi connectivity index (χ4v) is 2.95. The van der Waals surface area contributed by atoms with Gasteiger partial charge >= 0.3 is 0 Å². The van der Waals surface area contributed by atoms with Gasteiger partial charge in [-0.15, -0.1) is 0 Å². The number of benzene rings is 2. The van der Waals surface area contributed by atoms with Crippen LogP contribution < -0.4 is 5.56 Å². The van der Waals surface area contributed by atoms with E-state index in [2.05, 4.69) is 4.98 Å². The molecule has 0 saturated heterocycles. The first-order valence-corrected chi connectivity index (χ1v) is 7.62. The monoisotopic (exact) mass is 336 g/mol. The second-order valence-electron chi connectivity index (χ2n) is 5.78. The zero-order valence-corrected chi connectivity index (χ0v) is 13.0. The third kappa shape index (κ3) is 2.48. The number of aromatic hydroxyl groups is 2. The summed E-state index contributed by atoms with van der Waals surface area (Å²) in [6.07, 6.45) is 1.53. The summed E-state index contributed by atoms with van der Waals surface area (Å²) in [6.45, 7) is 0.0561. The molecule has 0 amide bonds. The molecule has 0 spiro atoms. The maximum absolute atomic E-state index is 13.0. The Labute approximate surface area is 141 Å². The van der Waals surface area contributed by atoms with Crippen LogP contribution in [0.2, 0.25) is 0 Å². The molecule has 0 saturated carbocycles. The lowest BCUT2D eigenvalue weighted by molar-refractivity contribution is 0.416. The van der Waals surface area contributed by atoms with Crippen LogP contribution in [0, 0.1) is 5.82 Å². The Hall–Kier alpha value is -3.41. The van der Waals surface area contributed by atoms with Crippen LogP contribution in [0.4, 0.5) is 4.39 Å². The first-order valence-electron chi connectivity index (χ1n) is 7.62. The maximum Gasteiger partial charge on any atom is 0.265 e. The van der Waals surface area contributed by atoms with E-state index in [0.717, 1.165) is 4.57 Å². The van der Waals surface area contributed by atoms with Gasteiger partial charge in [0.05, 0.1) is 11.9 Å². The molecular weight excluding hydrogens is 323 g/mol. The number of hydrogen-bond acceptors (Lipinski definition) is 4. The molecule has 0 unspecified atom stereocenters. The van der Waals surface area contributed by atoms with Crippen molar-refractivity contribution in [2.45, 2.75) is 6.54 Å². The molecular formula is C19H13FN2O3. The molecule has 4 rings (SSSR count). The molecule has 124 valence electrons. The Balaban J connectivity index is 1.96. The lowest BCUT2D eigenvalue weighted by atomic mass is 10.1. The summed E-state index contributed by atoms with van der Waals surface area (Å²) in [5, 5.41) is 21.9. The number of nitrogens with zero attached hydrogens (tertiary/aromatic N) is 2. The third-order valence-electron chi connectivity index (χ3n) is 4.17. The largest absolute Gasteiger partial charge is 0.505 e. The smallest absolute Gasteiger partial charge is 0.265 e. The molecule has 0 fully saturated rings. The minimum absolute atomic E-state index is 0.0561. The van der Waals surface area contributed by atoms with Crippen molar-refractivity contribution < 1.29 is 14.6 Å². The lowest BCUT2D eigenvalue weighted by Gasteiger charge is -2.12. The topological polar surface area (TPSA) is 75.3 Å². The predicted molar refractivity (Wildman–Crippen MR) is 92.3 cm³/mol. The highest BCUT2D eigenvalue weighted by Gasteiger charge is 2.15. The van der Waals surface area contributed by atoms with E-state index in [-0.39, 0.29) is 29.4 Å². The van der Waals surface area contributed by atoms with E-state index < -0.39 is 5.56 Å². The molecule has 0 radical (unpaired) electrons. The van der Waals surface area contributed by atoms with Crippen molar-refractivity contribution in [1.29, 1.82) is 0 Å². The van der Waals surface area contributed by atoms with E-state index >= 15 is 0 Å². The molecule has 2 heterocycles. The second kappa shape index (κ2) is 5.59. The Morgan fingerprint density at radius 3 is 2.56 bits per heavy atom. The van der Waals surface area contributed by atoms with Gasteiger partial charge in [0.1, 0.15) is 11.3 Å². The van der Waals surface area contributed by atoms with Crippen LogP contribution in [0.25, 0.3) is 21.7 Å². The van der Waals surface area contributed by atoms with Crippen LogP contribution in [0.1, 0.15) is 5.56 Å². The number of aromatic nitrogens is 2. The lowest BCUT2D eigenvalue weighted by Crippen LogP contribution is -2.21. The molecule has 0 atom stereocenters. The van der Waals surface area contributed by atoms with Crippen LogP contribution in [-0.4, -0.2) is 19.8 Å². The third-order valence-corrected chi connectivity index (χ3v) is 4.17. The summed E-state index contributed by atoms with van der Waals surface area (Å²) in [4.78, 5) is 16.9. The van der Waals surface area contributed by atoms with Gasteiger partial charge in [-0.05, 0) is 35.2 Å². The summed E-state index contributed by atoms with van der Waals surface area (Å²) in [6, 6.07) is 12.3. The first kappa shape index (κ1) is 15.1. The Bertz CT molecular complexity index is 1170. The van der Waals surface area contributed by atoms with Gasteiger partial charge in [0, 0.05) is 17.6 Å². The standard InChI is InChI=1S/C19H13FN2O3/c20-14-5-3-11(4-6-14)10-22-15(23)9-13-8-12-2-1-7-21-17(12)18(24)16(13)19(22)25/h1-9,23-24H,10H2. The van der Waals surface area contributed by atoms with Gasteiger partial charge in [-0.25, -0.2) is 4.39 Å². The zero-order valence-electron chi connectivity index (χ0n) is 13.0. The van der Waals surface area contributed by atoms with Gasteiger partial charge in [-0.1, -0.05) is 18.2 Å². The van der Waals surface area contributed by atoms with Crippen molar-refractivity contribution in [3.05, 3.63) is 76.5 Å². The fraction of sp³-hybridized carbons (Fsp3) is 0.0526. The fourth-order valence-electron chi connectivity index (χ4n) is 2.95. The molecule has 2 N–H and O–H groups in total. The number of phenolic OH excluding ortho intramolecular Hbond substituents is 1. The highest BCUT2D eigenvalue weighted by atomic mass is 19.1. The summed E-state index contributed by atoms with van der Waals surface area (Å²) in [5.74, 6) is -0.829. The van der Waals surface area contributed by atoms with Gasteiger partial charge in [-0.3, -0.25) is 14.3 Å². The number of halogens is 1. The quantitative estimate of drug-likeness (QED) is 0.552. The van der Waals surface area contributed by atoms with Crippen LogP contribution in [0.15, 0.2) is 59.5 Å². The van der Waals surface area contributed by atoms with Crippen LogP contribution in [-0.2, 0) is 6.54 Å². The van der Waals surface area contributed by atoms with Crippen molar-refractivity contribution in [2.24, 2.45) is 0 Å². The Kier molecular flexibility index (Phi) is 3.39. The number of hydrogen-bond donors (Lipinski definition) is 2. The summed E-state index contributed by atoms with van der Waals surface area (Å²) in [5.41, 5.74) is 0.437. The van der Waals surface area contributed by atoms with E-state index in [1.54, 1.807) is 18.2 Å².